The minimum atomic E-state index is -1.89. The molecule has 3 aliphatic rings. The van der Waals surface area contributed by atoms with Gasteiger partial charge in [0.05, 0.1) is 12.2 Å². The lowest BCUT2D eigenvalue weighted by Gasteiger charge is -2.45. The Morgan fingerprint density at radius 1 is 1.02 bits per heavy atom. The molecule has 0 unspecified atom stereocenters. The number of Topliss-reactive ketones (excluding diaryl/α,β-unsaturated/α-hetero) is 1. The van der Waals surface area contributed by atoms with Crippen LogP contribution in [0.2, 0.25) is 36.3 Å². The Labute approximate surface area is 288 Å². The van der Waals surface area contributed by atoms with Crippen molar-refractivity contribution in [2.75, 3.05) is 0 Å². The monoisotopic (exact) mass is 685 g/mol. The number of aromatic nitrogens is 1. The van der Waals surface area contributed by atoms with Crippen LogP contribution in [-0.2, 0) is 8.85 Å². The van der Waals surface area contributed by atoms with Gasteiger partial charge >= 0.3 is 0 Å². The molecule has 1 aromatic rings. The number of thiazole rings is 1. The van der Waals surface area contributed by atoms with Crippen molar-refractivity contribution in [2.45, 2.75) is 174 Å². The van der Waals surface area contributed by atoms with E-state index in [4.69, 9.17) is 8.85 Å². The van der Waals surface area contributed by atoms with E-state index in [2.05, 4.69) is 98.7 Å². The minimum Gasteiger partial charge on any atom is -0.414 e. The first kappa shape index (κ1) is 37.9. The van der Waals surface area contributed by atoms with Gasteiger partial charge in [-0.1, -0.05) is 78.7 Å². The lowest BCUT2D eigenvalue weighted by Crippen LogP contribution is -2.48. The summed E-state index contributed by atoms with van der Waals surface area (Å²) in [5, 5.41) is 2.97. The maximum absolute atomic E-state index is 12.5. The van der Waals surface area contributed by atoms with Gasteiger partial charge in [-0.3, -0.25) is 4.79 Å². The third-order valence-corrected chi connectivity index (χ3v) is 22.9. The van der Waals surface area contributed by atoms with E-state index in [1.54, 1.807) is 11.8 Å². The molecule has 1 heterocycles. The van der Waals surface area contributed by atoms with E-state index in [9.17, 15) is 4.79 Å². The standard InChI is InChI=1S/C39H67NO3SSi2/c1-28(15-13-17-35(41)36-40-23-24-44-36)33-20-21-34-30(16-14-22-39(33,34)8)19-18-29-25-31(42-45(9,10)37(2,3)4)27-32(26-29)43-46(11,12)38(5,6)7/h18-19,23-24,28,31-34H,13-17,20-22,25-27H2,1-12H3/b30-19+/t28-,31+,32+,33+,34-,39+/m0/s1. The fourth-order valence-electron chi connectivity index (χ4n) is 8.32. The molecule has 0 aromatic carbocycles. The van der Waals surface area contributed by atoms with E-state index in [1.165, 1.54) is 49.0 Å². The number of allylic oxidation sites excluding steroid dienone is 3. The molecule has 0 amide bonds. The van der Waals surface area contributed by atoms with E-state index >= 15 is 0 Å². The second-order valence-corrected chi connectivity index (χ2v) is 28.8. The summed E-state index contributed by atoms with van der Waals surface area (Å²) in [5.41, 5.74) is 3.58. The molecule has 3 saturated carbocycles. The van der Waals surface area contributed by atoms with Crippen LogP contribution in [0.5, 0.6) is 0 Å². The van der Waals surface area contributed by atoms with Gasteiger partial charge in [-0.25, -0.2) is 4.98 Å². The quantitative estimate of drug-likeness (QED) is 0.172. The molecule has 7 heteroatoms. The highest BCUT2D eigenvalue weighted by atomic mass is 32.1. The van der Waals surface area contributed by atoms with Crippen LogP contribution in [0.15, 0.2) is 34.9 Å². The van der Waals surface area contributed by atoms with Crippen LogP contribution >= 0.6 is 11.3 Å². The van der Waals surface area contributed by atoms with Crippen molar-refractivity contribution < 1.29 is 13.6 Å². The minimum absolute atomic E-state index is 0.200. The Morgan fingerprint density at radius 2 is 1.63 bits per heavy atom. The zero-order valence-electron chi connectivity index (χ0n) is 31.6. The molecule has 6 atom stereocenters. The Kier molecular flexibility index (Phi) is 12.0. The molecule has 0 spiro atoms. The van der Waals surface area contributed by atoms with Gasteiger partial charge in [0, 0.05) is 18.0 Å². The fourth-order valence-corrected chi connectivity index (χ4v) is 11.7. The van der Waals surface area contributed by atoms with Gasteiger partial charge < -0.3 is 8.85 Å². The number of carbonyl (C=O) groups is 1. The smallest absolute Gasteiger partial charge is 0.192 e. The van der Waals surface area contributed by atoms with Crippen LogP contribution < -0.4 is 0 Å². The number of nitrogens with zero attached hydrogens (tertiary/aromatic N) is 1. The van der Waals surface area contributed by atoms with Crippen molar-refractivity contribution in [3.63, 3.8) is 0 Å². The van der Waals surface area contributed by atoms with Gasteiger partial charge in [-0.05, 0) is 124 Å². The second-order valence-electron chi connectivity index (χ2n) is 18.4. The number of rotatable bonds is 11. The van der Waals surface area contributed by atoms with Crippen LogP contribution in [0.1, 0.15) is 136 Å². The summed E-state index contributed by atoms with van der Waals surface area (Å²) in [6.07, 6.45) is 19.6. The van der Waals surface area contributed by atoms with Crippen molar-refractivity contribution >= 4 is 33.8 Å². The van der Waals surface area contributed by atoms with Gasteiger partial charge in [0.2, 0.25) is 0 Å². The highest BCUT2D eigenvalue weighted by Crippen LogP contribution is 2.60. The van der Waals surface area contributed by atoms with Crippen LogP contribution in [0.25, 0.3) is 0 Å². The summed E-state index contributed by atoms with van der Waals surface area (Å²) in [6, 6.07) is 0. The Hall–Kier alpha value is -0.866. The Bertz CT molecular complexity index is 1200. The first-order valence-corrected chi connectivity index (χ1v) is 25.1. The molecule has 0 saturated heterocycles. The van der Waals surface area contributed by atoms with Gasteiger partial charge in [-0.15, -0.1) is 11.3 Å². The third-order valence-electron chi connectivity index (χ3n) is 13.0. The normalized spacial score (nSPS) is 29.6. The van der Waals surface area contributed by atoms with Crippen LogP contribution in [0, 0.1) is 23.2 Å². The maximum atomic E-state index is 12.5. The predicted octanol–water partition coefficient (Wildman–Crippen LogP) is 12.2. The SMILES string of the molecule is C[C@@H](CCCC(=O)c1nccs1)[C@H]1CC[C@H]2/C(=C/C=C3C[C@@H](O[Si](C)(C)C(C)(C)C)C[C@H](O[Si](C)(C)C(C)(C)C)C3)CCC[C@]12C. The summed E-state index contributed by atoms with van der Waals surface area (Å²) in [7, 11) is -3.77. The predicted molar refractivity (Wildman–Crippen MR) is 202 cm³/mol. The van der Waals surface area contributed by atoms with E-state index in [1.807, 2.05) is 5.38 Å². The van der Waals surface area contributed by atoms with E-state index in [0.29, 0.717) is 28.7 Å². The summed E-state index contributed by atoms with van der Waals surface area (Å²) >= 11 is 1.47. The number of hydrogen-bond donors (Lipinski definition) is 0. The van der Waals surface area contributed by atoms with Gasteiger partial charge in [0.25, 0.3) is 0 Å². The maximum Gasteiger partial charge on any atom is 0.192 e. The summed E-state index contributed by atoms with van der Waals surface area (Å²) in [6.45, 7) is 28.8. The summed E-state index contributed by atoms with van der Waals surface area (Å²) < 4.78 is 14.2. The number of carbonyl (C=O) groups excluding carboxylic acids is 1. The van der Waals surface area contributed by atoms with Crippen molar-refractivity contribution in [3.8, 4) is 0 Å². The number of fused-ring (bicyclic) bond motifs is 1. The lowest BCUT2D eigenvalue weighted by atomic mass is 9.60. The van der Waals surface area contributed by atoms with Gasteiger partial charge in [0.1, 0.15) is 0 Å². The second kappa shape index (κ2) is 14.5. The molecule has 1 aromatic heterocycles. The van der Waals surface area contributed by atoms with Crippen LogP contribution in [-0.4, -0.2) is 39.6 Å². The third kappa shape index (κ3) is 8.83. The van der Waals surface area contributed by atoms with E-state index in [-0.39, 0.29) is 28.1 Å². The lowest BCUT2D eigenvalue weighted by molar-refractivity contribution is 0.0724. The van der Waals surface area contributed by atoms with Crippen molar-refractivity contribution in [1.29, 1.82) is 0 Å². The zero-order valence-corrected chi connectivity index (χ0v) is 34.4. The zero-order chi connectivity index (χ0) is 34.1. The molecular formula is C39H67NO3SSi2. The van der Waals surface area contributed by atoms with Gasteiger partial charge in [0.15, 0.2) is 27.4 Å². The molecule has 0 N–H and O–H groups in total. The molecule has 3 fully saturated rings. The molecule has 46 heavy (non-hydrogen) atoms. The van der Waals surface area contributed by atoms with Crippen LogP contribution in [0.4, 0.5) is 0 Å². The number of ketones is 1. The Balaban J connectivity index is 1.47. The van der Waals surface area contributed by atoms with Gasteiger partial charge in [-0.2, -0.15) is 0 Å². The summed E-state index contributed by atoms with van der Waals surface area (Å²) in [4.78, 5) is 16.8. The molecule has 0 radical (unpaired) electrons. The summed E-state index contributed by atoms with van der Waals surface area (Å²) in [5.74, 6) is 2.29. The largest absolute Gasteiger partial charge is 0.414 e. The first-order valence-electron chi connectivity index (χ1n) is 18.4. The molecule has 260 valence electrons. The van der Waals surface area contributed by atoms with Crippen molar-refractivity contribution in [3.05, 3.63) is 39.9 Å². The Morgan fingerprint density at radius 3 is 2.17 bits per heavy atom. The molecule has 0 bridgehead atoms. The van der Waals surface area contributed by atoms with Crippen molar-refractivity contribution in [1.82, 2.24) is 4.98 Å². The first-order chi connectivity index (χ1) is 21.2. The highest BCUT2D eigenvalue weighted by Gasteiger charge is 2.50. The fraction of sp³-hybridized carbons (Fsp3) is 0.795. The van der Waals surface area contributed by atoms with E-state index in [0.717, 1.165) is 38.0 Å². The molecule has 4 rings (SSSR count). The highest BCUT2D eigenvalue weighted by molar-refractivity contribution is 7.11. The van der Waals surface area contributed by atoms with Crippen LogP contribution in [0.3, 0.4) is 0 Å². The van der Waals surface area contributed by atoms with E-state index < -0.39 is 16.6 Å². The molecule has 3 aliphatic carbocycles. The topological polar surface area (TPSA) is 48.4 Å². The van der Waals surface area contributed by atoms with Crippen molar-refractivity contribution in [2.24, 2.45) is 23.2 Å². The molecule has 0 aliphatic heterocycles. The average molecular weight is 686 g/mol. The average Bonchev–Trinajstić information content (AvgIpc) is 3.58. The number of hydrogen-bond acceptors (Lipinski definition) is 5. The molecule has 4 nitrogen and oxygen atoms in total. The molecular weight excluding hydrogens is 619 g/mol.